The van der Waals surface area contributed by atoms with E-state index in [-0.39, 0.29) is 29.9 Å². The average Bonchev–Trinajstić information content (AvgIpc) is 3.23. The number of nitrogens with two attached hydrogens (primary N) is 1. The minimum Gasteiger partial charge on any atom is -0.338 e. The number of H-pyrrole nitrogens is 1. The normalized spacial score (nSPS) is 21.9. The maximum atomic E-state index is 12.6. The van der Waals surface area contributed by atoms with Gasteiger partial charge in [-0.05, 0) is 43.6 Å². The van der Waals surface area contributed by atoms with Crippen molar-refractivity contribution in [2.45, 2.75) is 57.9 Å². The van der Waals surface area contributed by atoms with Gasteiger partial charge in [-0.3, -0.25) is 9.59 Å². The number of hydrogen-bond acceptors (Lipinski definition) is 5. The lowest BCUT2D eigenvalue weighted by atomic mass is 9.89. The van der Waals surface area contributed by atoms with Crippen LogP contribution in [-0.4, -0.2) is 39.9 Å². The van der Waals surface area contributed by atoms with E-state index in [9.17, 15) is 9.59 Å². The summed E-state index contributed by atoms with van der Waals surface area (Å²) in [7, 11) is 0. The Balaban J connectivity index is 0.00000210. The van der Waals surface area contributed by atoms with Crippen LogP contribution in [-0.2, 0) is 24.1 Å². The summed E-state index contributed by atoms with van der Waals surface area (Å²) in [6.07, 6.45) is 5.99. The van der Waals surface area contributed by atoms with E-state index in [0.29, 0.717) is 31.1 Å². The summed E-state index contributed by atoms with van der Waals surface area (Å²) in [6.45, 7) is 3.57. The number of aromatic amines is 1. The predicted molar refractivity (Wildman–Crippen MR) is 111 cm³/mol. The molecule has 2 aromatic heterocycles. The topological polar surface area (TPSA) is 92.1 Å². The molecule has 1 fully saturated rings. The van der Waals surface area contributed by atoms with Crippen molar-refractivity contribution in [3.63, 3.8) is 0 Å². The van der Waals surface area contributed by atoms with Gasteiger partial charge in [-0.15, -0.1) is 23.7 Å². The molecule has 2 unspecified atom stereocenters. The zero-order valence-corrected chi connectivity index (χ0v) is 17.3. The van der Waals surface area contributed by atoms with Crippen molar-refractivity contribution < 1.29 is 4.79 Å². The fourth-order valence-electron chi connectivity index (χ4n) is 4.29. The van der Waals surface area contributed by atoms with Crippen LogP contribution >= 0.6 is 23.7 Å². The van der Waals surface area contributed by atoms with Crippen molar-refractivity contribution in [3.05, 3.63) is 26.6 Å². The molecule has 27 heavy (non-hydrogen) atoms. The number of halogens is 1. The number of aryl methyl sites for hydroxylation is 2. The molecule has 2 aliphatic rings. The third kappa shape index (κ3) is 3.91. The van der Waals surface area contributed by atoms with Crippen LogP contribution < -0.4 is 11.3 Å². The molecular weight excluding hydrogens is 384 g/mol. The highest BCUT2D eigenvalue weighted by Crippen LogP contribution is 2.35. The quantitative estimate of drug-likeness (QED) is 0.809. The monoisotopic (exact) mass is 410 g/mol. The Kier molecular flexibility index (Phi) is 6.23. The summed E-state index contributed by atoms with van der Waals surface area (Å²) < 4.78 is 0. The molecule has 1 amide bonds. The number of nitrogens with one attached hydrogen (secondary N) is 1. The summed E-state index contributed by atoms with van der Waals surface area (Å²) in [5.74, 6) is 1.40. The van der Waals surface area contributed by atoms with E-state index >= 15 is 0 Å². The van der Waals surface area contributed by atoms with E-state index in [1.807, 2.05) is 4.90 Å². The molecule has 1 saturated heterocycles. The summed E-state index contributed by atoms with van der Waals surface area (Å²) >= 11 is 1.65. The molecule has 148 valence electrons. The van der Waals surface area contributed by atoms with Crippen LogP contribution in [0.2, 0.25) is 0 Å². The van der Waals surface area contributed by atoms with Crippen molar-refractivity contribution in [2.24, 2.45) is 11.7 Å². The van der Waals surface area contributed by atoms with Gasteiger partial charge in [0.1, 0.15) is 10.7 Å². The molecule has 0 bridgehead atoms. The lowest BCUT2D eigenvalue weighted by Crippen LogP contribution is -2.40. The largest absolute Gasteiger partial charge is 0.338 e. The molecule has 0 aromatic carbocycles. The highest BCUT2D eigenvalue weighted by Gasteiger charge is 2.27. The smallest absolute Gasteiger partial charge is 0.259 e. The van der Waals surface area contributed by atoms with Gasteiger partial charge in [0.2, 0.25) is 5.91 Å². The lowest BCUT2D eigenvalue weighted by molar-refractivity contribution is -0.131. The van der Waals surface area contributed by atoms with Gasteiger partial charge in [0.15, 0.2) is 0 Å². The summed E-state index contributed by atoms with van der Waals surface area (Å²) in [4.78, 5) is 36.7. The molecule has 2 atom stereocenters. The van der Waals surface area contributed by atoms with Crippen LogP contribution in [0, 0.1) is 5.92 Å². The third-order valence-corrected chi connectivity index (χ3v) is 6.91. The van der Waals surface area contributed by atoms with Crippen molar-refractivity contribution in [1.82, 2.24) is 14.9 Å². The van der Waals surface area contributed by atoms with Gasteiger partial charge in [-0.2, -0.15) is 0 Å². The van der Waals surface area contributed by atoms with Gasteiger partial charge in [0, 0.05) is 36.9 Å². The van der Waals surface area contributed by atoms with Crippen LogP contribution in [0.15, 0.2) is 4.79 Å². The first kappa shape index (κ1) is 20.3. The molecule has 8 heteroatoms. The molecule has 1 aliphatic heterocycles. The maximum absolute atomic E-state index is 12.6. The molecule has 0 spiro atoms. The van der Waals surface area contributed by atoms with E-state index in [1.165, 1.54) is 10.4 Å². The first-order valence-corrected chi connectivity index (χ1v) is 10.4. The van der Waals surface area contributed by atoms with E-state index in [1.54, 1.807) is 11.3 Å². The number of hydrogen-bond donors (Lipinski definition) is 2. The number of nitrogens with zero attached hydrogens (tertiary/aromatic N) is 2. The lowest BCUT2D eigenvalue weighted by Gasteiger charge is -2.23. The van der Waals surface area contributed by atoms with Crippen LogP contribution in [0.4, 0.5) is 0 Å². The van der Waals surface area contributed by atoms with Gasteiger partial charge >= 0.3 is 0 Å². The van der Waals surface area contributed by atoms with E-state index in [0.717, 1.165) is 48.9 Å². The summed E-state index contributed by atoms with van der Waals surface area (Å²) in [5, 5.41) is 0.773. The molecule has 6 nitrogen and oxygen atoms in total. The highest BCUT2D eigenvalue weighted by molar-refractivity contribution is 7.18. The Labute approximate surface area is 169 Å². The zero-order chi connectivity index (χ0) is 18.3. The average molecular weight is 411 g/mol. The van der Waals surface area contributed by atoms with Gasteiger partial charge in [0.05, 0.1) is 5.39 Å². The number of likely N-dealkylation sites (tertiary alicyclic amines) is 1. The standard InChI is InChI=1S/C19H26N4O2S.ClH/c1-11-4-5-13-14(9-11)26-19-17(13)18(25)21-15(22-19)6-7-16(24)23-8-2-3-12(23)10-20;/h11-12H,2-10,20H2,1H3,(H,21,22,25);1H. The number of thiophene rings is 1. The fraction of sp³-hybridized carbons (Fsp3) is 0.632. The van der Waals surface area contributed by atoms with E-state index < -0.39 is 0 Å². The SMILES string of the molecule is CC1CCc2c(sc3nc(CCC(=O)N4CCCC4CN)[nH]c(=O)c23)C1.Cl. The molecule has 1 aliphatic carbocycles. The van der Waals surface area contributed by atoms with Gasteiger partial charge in [-0.1, -0.05) is 6.92 Å². The summed E-state index contributed by atoms with van der Waals surface area (Å²) in [5.41, 5.74) is 6.90. The van der Waals surface area contributed by atoms with Gasteiger partial charge in [0.25, 0.3) is 5.56 Å². The number of carbonyl (C=O) groups excluding carboxylic acids is 1. The maximum Gasteiger partial charge on any atom is 0.259 e. The van der Waals surface area contributed by atoms with Crippen molar-refractivity contribution >= 4 is 39.9 Å². The van der Waals surface area contributed by atoms with Crippen LogP contribution in [0.1, 0.15) is 48.9 Å². The third-order valence-electron chi connectivity index (χ3n) is 5.76. The van der Waals surface area contributed by atoms with Crippen molar-refractivity contribution in [3.8, 4) is 0 Å². The Morgan fingerprint density at radius 3 is 3.00 bits per heavy atom. The van der Waals surface area contributed by atoms with Crippen LogP contribution in [0.5, 0.6) is 0 Å². The van der Waals surface area contributed by atoms with Crippen molar-refractivity contribution in [2.75, 3.05) is 13.1 Å². The van der Waals surface area contributed by atoms with Crippen LogP contribution in [0.25, 0.3) is 10.2 Å². The fourth-order valence-corrected chi connectivity index (χ4v) is 5.69. The van der Waals surface area contributed by atoms with Crippen LogP contribution in [0.3, 0.4) is 0 Å². The van der Waals surface area contributed by atoms with Gasteiger partial charge < -0.3 is 15.6 Å². The number of carbonyl (C=O) groups is 1. The van der Waals surface area contributed by atoms with Crippen molar-refractivity contribution in [1.29, 1.82) is 0 Å². The van der Waals surface area contributed by atoms with E-state index in [4.69, 9.17) is 5.73 Å². The van der Waals surface area contributed by atoms with Gasteiger partial charge in [-0.25, -0.2) is 4.98 Å². The molecular formula is C19H27ClN4O2S. The molecule has 0 radical (unpaired) electrons. The zero-order valence-electron chi connectivity index (χ0n) is 15.6. The molecule has 2 aromatic rings. The number of rotatable bonds is 4. The molecule has 0 saturated carbocycles. The second-order valence-electron chi connectivity index (χ2n) is 7.66. The Morgan fingerprint density at radius 1 is 1.41 bits per heavy atom. The predicted octanol–water partition coefficient (Wildman–Crippen LogP) is 2.41. The first-order valence-electron chi connectivity index (χ1n) is 9.59. The second kappa shape index (κ2) is 8.29. The molecule has 4 rings (SSSR count). The molecule has 3 N–H and O–H groups in total. The summed E-state index contributed by atoms with van der Waals surface area (Å²) in [6, 6.07) is 0.169. The molecule has 3 heterocycles. The number of fused-ring (bicyclic) bond motifs is 3. The second-order valence-corrected chi connectivity index (χ2v) is 8.75. The van der Waals surface area contributed by atoms with E-state index in [2.05, 4.69) is 16.9 Å². The number of amides is 1. The Hall–Kier alpha value is -1.44. The Morgan fingerprint density at radius 2 is 2.22 bits per heavy atom. The minimum atomic E-state index is -0.0505. The highest BCUT2D eigenvalue weighted by atomic mass is 35.5. The minimum absolute atomic E-state index is 0. The number of aromatic nitrogens is 2. The Bertz CT molecular complexity index is 894. The first-order chi connectivity index (χ1) is 12.6.